The monoisotopic (exact) mass is 648 g/mol. The van der Waals surface area contributed by atoms with Crippen molar-refractivity contribution in [2.45, 2.75) is 23.5 Å². The number of nitro groups is 1. The fourth-order valence-corrected chi connectivity index (χ4v) is 5.33. The van der Waals surface area contributed by atoms with E-state index in [1.807, 2.05) is 13.0 Å². The summed E-state index contributed by atoms with van der Waals surface area (Å²) in [5.41, 5.74) is 1.54. The largest absolute Gasteiger partial charge is 0.325 e. The molecule has 0 bridgehead atoms. The van der Waals surface area contributed by atoms with E-state index in [4.69, 9.17) is 23.2 Å². The summed E-state index contributed by atoms with van der Waals surface area (Å²) in [4.78, 5) is 50.5. The van der Waals surface area contributed by atoms with Crippen molar-refractivity contribution >= 4 is 75.8 Å². The molecule has 224 valence electrons. The Balaban J connectivity index is 1.50. The quantitative estimate of drug-likeness (QED) is 0.0658. The maximum Gasteiger partial charge on any atom is 0.272 e. The molecule has 0 spiro atoms. The molecular weight excluding hydrogens is 623 g/mol. The van der Waals surface area contributed by atoms with Crippen LogP contribution in [0.3, 0.4) is 0 Å². The molecule has 1 atom stereocenters. The van der Waals surface area contributed by atoms with Gasteiger partial charge in [-0.05, 0) is 66.6 Å². The van der Waals surface area contributed by atoms with Gasteiger partial charge in [0.15, 0.2) is 0 Å². The molecule has 0 saturated heterocycles. The molecule has 0 aromatic heterocycles. The fraction of sp³-hybridized carbons (Fsp3) is 0.0938. The Labute approximate surface area is 267 Å². The van der Waals surface area contributed by atoms with Gasteiger partial charge in [0, 0.05) is 34.0 Å². The topological polar surface area (TPSA) is 130 Å². The Bertz CT molecular complexity index is 1720. The first-order chi connectivity index (χ1) is 21.1. The number of rotatable bonds is 11. The molecule has 4 rings (SSSR count). The molecule has 0 aliphatic heterocycles. The lowest BCUT2D eigenvalue weighted by atomic mass is 10.1. The Kier molecular flexibility index (Phi) is 11.1. The van der Waals surface area contributed by atoms with E-state index in [1.165, 1.54) is 42.1 Å². The Hall–Kier alpha value is -4.64. The number of nitrogens with zero attached hydrogens (tertiary/aromatic N) is 1. The van der Waals surface area contributed by atoms with E-state index in [1.54, 1.807) is 66.7 Å². The Morgan fingerprint density at radius 3 is 2.27 bits per heavy atom. The number of hydrogen-bond donors (Lipinski definition) is 3. The van der Waals surface area contributed by atoms with Crippen molar-refractivity contribution in [1.29, 1.82) is 0 Å². The third-order valence-corrected chi connectivity index (χ3v) is 8.38. The molecule has 3 N–H and O–H groups in total. The van der Waals surface area contributed by atoms with Gasteiger partial charge in [-0.15, -0.1) is 11.8 Å². The molecule has 0 aliphatic carbocycles. The molecule has 44 heavy (non-hydrogen) atoms. The maximum atomic E-state index is 13.5. The number of nitro benzene ring substituents is 1. The smallest absolute Gasteiger partial charge is 0.272 e. The molecule has 9 nitrogen and oxygen atoms in total. The van der Waals surface area contributed by atoms with Gasteiger partial charge in [-0.1, -0.05) is 66.5 Å². The lowest BCUT2D eigenvalue weighted by Gasteiger charge is -2.16. The average molecular weight is 650 g/mol. The van der Waals surface area contributed by atoms with Crippen LogP contribution in [0.25, 0.3) is 6.08 Å². The van der Waals surface area contributed by atoms with E-state index < -0.39 is 22.0 Å². The fourth-order valence-electron chi connectivity index (χ4n) is 3.95. The normalized spacial score (nSPS) is 11.8. The summed E-state index contributed by atoms with van der Waals surface area (Å²) in [6.45, 7) is 1.87. The second kappa shape index (κ2) is 15.2. The highest BCUT2D eigenvalue weighted by atomic mass is 35.5. The number of non-ortho nitro benzene ring substituents is 1. The Morgan fingerprint density at radius 2 is 1.59 bits per heavy atom. The van der Waals surface area contributed by atoms with Crippen LogP contribution in [0.1, 0.15) is 29.3 Å². The average Bonchev–Trinajstić information content (AvgIpc) is 3.02. The minimum absolute atomic E-state index is 0.0602. The first-order valence-electron chi connectivity index (χ1n) is 13.3. The van der Waals surface area contributed by atoms with Crippen molar-refractivity contribution in [2.24, 2.45) is 0 Å². The predicted molar refractivity (Wildman–Crippen MR) is 175 cm³/mol. The van der Waals surface area contributed by atoms with Gasteiger partial charge in [0.05, 0.1) is 20.2 Å². The number of amides is 3. The molecule has 1 unspecified atom stereocenters. The predicted octanol–water partition coefficient (Wildman–Crippen LogP) is 7.82. The van der Waals surface area contributed by atoms with E-state index in [0.29, 0.717) is 38.8 Å². The van der Waals surface area contributed by atoms with E-state index in [0.717, 1.165) is 0 Å². The summed E-state index contributed by atoms with van der Waals surface area (Å²) in [7, 11) is 0. The zero-order chi connectivity index (χ0) is 31.6. The highest BCUT2D eigenvalue weighted by Gasteiger charge is 2.20. The van der Waals surface area contributed by atoms with Crippen LogP contribution in [0.15, 0.2) is 108 Å². The summed E-state index contributed by atoms with van der Waals surface area (Å²) in [6.07, 6.45) is 1.94. The summed E-state index contributed by atoms with van der Waals surface area (Å²) >= 11 is 13.8. The van der Waals surface area contributed by atoms with Gasteiger partial charge in [0.2, 0.25) is 5.91 Å². The van der Waals surface area contributed by atoms with Crippen LogP contribution in [0.4, 0.5) is 17.1 Å². The molecule has 0 radical (unpaired) electrons. The standard InChI is InChI=1S/C32H26Cl2N4O5S/c1-2-28(32(41)35-22-14-16-24(17-15-22)38(42)43)44-25-12-7-11-23(19-25)36-31(40)27(18-21-10-6-13-26(33)29(21)34)37-30(39)20-8-4-3-5-9-20/h3-19,28H,2H2,1H3,(H,35,41)(H,36,40)(H,37,39)/b27-18+. The maximum absolute atomic E-state index is 13.5. The van der Waals surface area contributed by atoms with Gasteiger partial charge in [-0.2, -0.15) is 0 Å². The molecule has 12 heteroatoms. The molecular formula is C32H26Cl2N4O5S. The number of nitrogens with one attached hydrogen (secondary N) is 3. The van der Waals surface area contributed by atoms with E-state index in [2.05, 4.69) is 16.0 Å². The van der Waals surface area contributed by atoms with E-state index in [-0.39, 0.29) is 22.3 Å². The van der Waals surface area contributed by atoms with Crippen LogP contribution in [0.5, 0.6) is 0 Å². The zero-order valence-corrected chi connectivity index (χ0v) is 25.6. The lowest BCUT2D eigenvalue weighted by Crippen LogP contribution is -2.30. The van der Waals surface area contributed by atoms with E-state index >= 15 is 0 Å². The minimum Gasteiger partial charge on any atom is -0.325 e. The summed E-state index contributed by atoms with van der Waals surface area (Å²) < 4.78 is 0. The molecule has 4 aromatic carbocycles. The number of hydrogen-bond acceptors (Lipinski definition) is 6. The highest BCUT2D eigenvalue weighted by Crippen LogP contribution is 2.30. The number of halogens is 2. The van der Waals surface area contributed by atoms with Crippen molar-refractivity contribution in [3.63, 3.8) is 0 Å². The van der Waals surface area contributed by atoms with Gasteiger partial charge in [0.25, 0.3) is 17.5 Å². The van der Waals surface area contributed by atoms with Crippen molar-refractivity contribution < 1.29 is 19.3 Å². The van der Waals surface area contributed by atoms with Crippen LogP contribution in [0.2, 0.25) is 10.0 Å². The van der Waals surface area contributed by atoms with Crippen molar-refractivity contribution in [2.75, 3.05) is 10.6 Å². The highest BCUT2D eigenvalue weighted by molar-refractivity contribution is 8.00. The molecule has 0 aliphatic rings. The molecule has 3 amide bonds. The van der Waals surface area contributed by atoms with E-state index in [9.17, 15) is 24.5 Å². The Morgan fingerprint density at radius 1 is 0.886 bits per heavy atom. The third kappa shape index (κ3) is 8.70. The number of thioether (sulfide) groups is 1. The molecule has 4 aromatic rings. The van der Waals surface area contributed by atoms with Crippen LogP contribution in [-0.2, 0) is 9.59 Å². The first kappa shape index (κ1) is 32.3. The molecule has 0 fully saturated rings. The van der Waals surface area contributed by atoms with Gasteiger partial charge < -0.3 is 16.0 Å². The van der Waals surface area contributed by atoms with Crippen molar-refractivity contribution in [1.82, 2.24) is 5.32 Å². The lowest BCUT2D eigenvalue weighted by molar-refractivity contribution is -0.384. The van der Waals surface area contributed by atoms with Crippen LogP contribution < -0.4 is 16.0 Å². The second-order valence-electron chi connectivity index (χ2n) is 9.31. The number of carbonyl (C=O) groups excluding carboxylic acids is 3. The third-order valence-electron chi connectivity index (χ3n) is 6.19. The summed E-state index contributed by atoms with van der Waals surface area (Å²) in [5, 5.41) is 19.2. The minimum atomic E-state index is -0.601. The van der Waals surface area contributed by atoms with Gasteiger partial charge in [-0.3, -0.25) is 24.5 Å². The summed E-state index contributed by atoms with van der Waals surface area (Å²) in [6, 6.07) is 25.9. The summed E-state index contributed by atoms with van der Waals surface area (Å²) in [5.74, 6) is -1.36. The SMILES string of the molecule is CCC(Sc1cccc(NC(=O)/C(=C\c2cccc(Cl)c2Cl)NC(=O)c2ccccc2)c1)C(=O)Nc1ccc([N+](=O)[O-])cc1. The van der Waals surface area contributed by atoms with Crippen LogP contribution in [0, 0.1) is 10.1 Å². The van der Waals surface area contributed by atoms with Crippen molar-refractivity contribution in [3.05, 3.63) is 134 Å². The van der Waals surface area contributed by atoms with Gasteiger partial charge in [-0.25, -0.2) is 0 Å². The van der Waals surface area contributed by atoms with Crippen LogP contribution >= 0.6 is 35.0 Å². The van der Waals surface area contributed by atoms with Gasteiger partial charge >= 0.3 is 0 Å². The number of anilines is 2. The number of benzene rings is 4. The van der Waals surface area contributed by atoms with Crippen molar-refractivity contribution in [3.8, 4) is 0 Å². The zero-order valence-electron chi connectivity index (χ0n) is 23.3. The first-order valence-corrected chi connectivity index (χ1v) is 14.9. The molecule has 0 heterocycles. The second-order valence-corrected chi connectivity index (χ2v) is 11.4. The van der Waals surface area contributed by atoms with Crippen LogP contribution in [-0.4, -0.2) is 27.9 Å². The van der Waals surface area contributed by atoms with Gasteiger partial charge in [0.1, 0.15) is 5.70 Å². The number of carbonyl (C=O) groups is 3. The molecule has 0 saturated carbocycles.